The van der Waals surface area contributed by atoms with Crippen molar-refractivity contribution in [3.05, 3.63) is 76.8 Å². The number of benzene rings is 1. The van der Waals surface area contributed by atoms with Gasteiger partial charge in [0, 0.05) is 35.9 Å². The maximum Gasteiger partial charge on any atom is 0.249 e. The van der Waals surface area contributed by atoms with Crippen LogP contribution < -0.4 is 5.73 Å². The van der Waals surface area contributed by atoms with E-state index in [1.165, 1.54) is 11.3 Å². The molecule has 29 heavy (non-hydrogen) atoms. The van der Waals surface area contributed by atoms with Crippen molar-refractivity contribution in [2.75, 3.05) is 0 Å². The molecular formula is C21H16N6OS. The summed E-state index contributed by atoms with van der Waals surface area (Å²) in [5.41, 5.74) is 11.4. The summed E-state index contributed by atoms with van der Waals surface area (Å²) in [6.45, 7) is 2.01. The van der Waals surface area contributed by atoms with Crippen molar-refractivity contribution < 1.29 is 4.79 Å². The van der Waals surface area contributed by atoms with Gasteiger partial charge in [-0.1, -0.05) is 30.1 Å². The molecule has 0 aliphatic carbocycles. The summed E-state index contributed by atoms with van der Waals surface area (Å²) in [5, 5.41) is 13.1. The van der Waals surface area contributed by atoms with Crippen LogP contribution in [0, 0.1) is 11.8 Å². The number of primary amides is 1. The van der Waals surface area contributed by atoms with Crippen molar-refractivity contribution >= 4 is 17.2 Å². The van der Waals surface area contributed by atoms with Crippen LogP contribution in [0.15, 0.2) is 54.6 Å². The van der Waals surface area contributed by atoms with E-state index in [1.807, 2.05) is 31.3 Å². The number of nitrogens with two attached hydrogens (primary N) is 1. The summed E-state index contributed by atoms with van der Waals surface area (Å²) in [5.74, 6) is 5.82. The third-order valence-corrected chi connectivity index (χ3v) is 5.03. The number of carbonyl (C=O) groups excluding carboxylic acids is 1. The fourth-order valence-corrected chi connectivity index (χ4v) is 3.67. The van der Waals surface area contributed by atoms with E-state index in [0.29, 0.717) is 28.1 Å². The monoisotopic (exact) mass is 400 g/mol. The van der Waals surface area contributed by atoms with Gasteiger partial charge in [-0.25, -0.2) is 4.68 Å². The average Bonchev–Trinajstić information content (AvgIpc) is 3.45. The van der Waals surface area contributed by atoms with Crippen LogP contribution in [-0.4, -0.2) is 30.9 Å². The second-order valence-corrected chi connectivity index (χ2v) is 6.92. The van der Waals surface area contributed by atoms with Crippen molar-refractivity contribution in [1.82, 2.24) is 25.0 Å². The Morgan fingerprint density at radius 2 is 2.17 bits per heavy atom. The predicted octanol–water partition coefficient (Wildman–Crippen LogP) is 2.85. The first-order chi connectivity index (χ1) is 14.2. The highest BCUT2D eigenvalue weighted by Crippen LogP contribution is 2.35. The van der Waals surface area contributed by atoms with Crippen LogP contribution in [0.3, 0.4) is 0 Å². The number of aryl methyl sites for hydroxylation is 1. The standard InChI is InChI=1S/C21H16N6OS/c1-2-15-11-17(20(22)28)18(21-26-24-13-29-21)16(19(15)27-10-4-9-25-27)7-6-14-5-3-8-23-12-14/h3-5,8-13H,2H2,1H3,(H2,22,28). The van der Waals surface area contributed by atoms with E-state index in [4.69, 9.17) is 5.73 Å². The SMILES string of the molecule is CCc1cc(C(N)=O)c(-c2nncs2)c(C#Cc2cccnc2)c1-n1cccn1. The molecular weight excluding hydrogens is 384 g/mol. The average molecular weight is 400 g/mol. The van der Waals surface area contributed by atoms with E-state index in [9.17, 15) is 4.79 Å². The Labute approximate surface area is 171 Å². The van der Waals surface area contributed by atoms with Gasteiger partial charge in [-0.05, 0) is 36.2 Å². The lowest BCUT2D eigenvalue weighted by Gasteiger charge is -2.17. The van der Waals surface area contributed by atoms with Crippen LogP contribution in [0.2, 0.25) is 0 Å². The van der Waals surface area contributed by atoms with Crippen LogP contribution in [-0.2, 0) is 6.42 Å². The second kappa shape index (κ2) is 8.04. The molecule has 0 radical (unpaired) electrons. The summed E-state index contributed by atoms with van der Waals surface area (Å²) in [6.07, 6.45) is 7.59. The molecule has 8 heteroatoms. The van der Waals surface area contributed by atoms with Crippen LogP contribution in [0.4, 0.5) is 0 Å². The Kier molecular flexibility index (Phi) is 5.14. The van der Waals surface area contributed by atoms with Gasteiger partial charge < -0.3 is 5.73 Å². The Hall–Kier alpha value is -3.83. The lowest BCUT2D eigenvalue weighted by molar-refractivity contribution is 0.100. The molecule has 1 amide bonds. The first-order valence-electron chi connectivity index (χ1n) is 8.87. The Morgan fingerprint density at radius 1 is 1.28 bits per heavy atom. The first-order valence-corrected chi connectivity index (χ1v) is 9.75. The van der Waals surface area contributed by atoms with Gasteiger partial charge in [-0.15, -0.1) is 10.2 Å². The zero-order valence-electron chi connectivity index (χ0n) is 15.5. The molecule has 2 N–H and O–H groups in total. The maximum absolute atomic E-state index is 12.3. The zero-order valence-corrected chi connectivity index (χ0v) is 16.3. The number of amides is 1. The molecule has 0 aliphatic heterocycles. The fraction of sp³-hybridized carbons (Fsp3) is 0.0952. The number of rotatable bonds is 4. The van der Waals surface area contributed by atoms with Crippen molar-refractivity contribution in [3.8, 4) is 28.1 Å². The quantitative estimate of drug-likeness (QED) is 0.531. The summed E-state index contributed by atoms with van der Waals surface area (Å²) in [7, 11) is 0. The van der Waals surface area contributed by atoms with Crippen molar-refractivity contribution in [2.24, 2.45) is 5.73 Å². The number of nitrogens with zero attached hydrogens (tertiary/aromatic N) is 5. The number of hydrogen-bond acceptors (Lipinski definition) is 6. The van der Waals surface area contributed by atoms with Crippen molar-refractivity contribution in [3.63, 3.8) is 0 Å². The summed E-state index contributed by atoms with van der Waals surface area (Å²) in [4.78, 5) is 16.4. The molecule has 0 saturated carbocycles. The smallest absolute Gasteiger partial charge is 0.249 e. The van der Waals surface area contributed by atoms with Crippen molar-refractivity contribution in [2.45, 2.75) is 13.3 Å². The molecule has 7 nitrogen and oxygen atoms in total. The third kappa shape index (κ3) is 3.63. The number of carbonyl (C=O) groups is 1. The molecule has 0 atom stereocenters. The van der Waals surface area contributed by atoms with Crippen LogP contribution in [0.1, 0.15) is 34.0 Å². The van der Waals surface area contributed by atoms with Gasteiger partial charge >= 0.3 is 0 Å². The summed E-state index contributed by atoms with van der Waals surface area (Å²) < 4.78 is 1.75. The highest BCUT2D eigenvalue weighted by molar-refractivity contribution is 7.12. The Morgan fingerprint density at radius 3 is 2.79 bits per heavy atom. The van der Waals surface area contributed by atoms with Gasteiger partial charge in [0.15, 0.2) is 0 Å². The predicted molar refractivity (Wildman–Crippen MR) is 111 cm³/mol. The molecule has 0 unspecified atom stereocenters. The van der Waals surface area contributed by atoms with E-state index in [1.54, 1.807) is 34.8 Å². The fourth-order valence-electron chi connectivity index (χ4n) is 3.05. The van der Waals surface area contributed by atoms with Gasteiger partial charge in [0.2, 0.25) is 5.91 Å². The van der Waals surface area contributed by atoms with E-state index in [-0.39, 0.29) is 0 Å². The van der Waals surface area contributed by atoms with Crippen LogP contribution in [0.5, 0.6) is 0 Å². The Bertz CT molecular complexity index is 1210. The van der Waals surface area contributed by atoms with Crippen LogP contribution >= 0.6 is 11.3 Å². The highest BCUT2D eigenvalue weighted by Gasteiger charge is 2.23. The minimum atomic E-state index is -0.540. The normalized spacial score (nSPS) is 10.4. The largest absolute Gasteiger partial charge is 0.366 e. The Balaban J connectivity index is 2.09. The molecule has 4 aromatic rings. The third-order valence-electron chi connectivity index (χ3n) is 4.33. The summed E-state index contributed by atoms with van der Waals surface area (Å²) in [6, 6.07) is 7.33. The molecule has 142 valence electrons. The number of pyridine rings is 1. The molecule has 3 aromatic heterocycles. The minimum Gasteiger partial charge on any atom is -0.366 e. The van der Waals surface area contributed by atoms with Gasteiger partial charge in [0.05, 0.1) is 16.8 Å². The van der Waals surface area contributed by atoms with E-state index >= 15 is 0 Å². The maximum atomic E-state index is 12.3. The number of aromatic nitrogens is 5. The van der Waals surface area contributed by atoms with Crippen LogP contribution in [0.25, 0.3) is 16.3 Å². The lowest BCUT2D eigenvalue weighted by Crippen LogP contribution is -2.16. The van der Waals surface area contributed by atoms with Gasteiger partial charge in [-0.3, -0.25) is 9.78 Å². The molecule has 0 fully saturated rings. The van der Waals surface area contributed by atoms with Gasteiger partial charge in [-0.2, -0.15) is 5.10 Å². The number of hydrogen-bond donors (Lipinski definition) is 1. The van der Waals surface area contributed by atoms with E-state index < -0.39 is 5.91 Å². The zero-order chi connectivity index (χ0) is 20.2. The molecule has 1 aromatic carbocycles. The summed E-state index contributed by atoms with van der Waals surface area (Å²) >= 11 is 1.32. The van der Waals surface area contributed by atoms with E-state index in [2.05, 4.69) is 32.1 Å². The molecule has 0 bridgehead atoms. The minimum absolute atomic E-state index is 0.366. The van der Waals surface area contributed by atoms with Crippen molar-refractivity contribution in [1.29, 1.82) is 0 Å². The molecule has 0 saturated heterocycles. The second-order valence-electron chi connectivity index (χ2n) is 6.09. The lowest BCUT2D eigenvalue weighted by atomic mass is 9.93. The molecule has 0 aliphatic rings. The van der Waals surface area contributed by atoms with Gasteiger partial charge in [0.1, 0.15) is 10.5 Å². The first kappa shape index (κ1) is 18.5. The molecule has 0 spiro atoms. The molecule has 3 heterocycles. The van der Waals surface area contributed by atoms with E-state index in [0.717, 1.165) is 16.8 Å². The molecule has 4 rings (SSSR count). The topological polar surface area (TPSA) is 99.6 Å². The van der Waals surface area contributed by atoms with Gasteiger partial charge in [0.25, 0.3) is 0 Å². The highest BCUT2D eigenvalue weighted by atomic mass is 32.1.